The molecule has 1 fully saturated rings. The standard InChI is InChI=1S/C29H26ClF2N5O5S/c1-16(38)21-12-36(23-7-6-19(9-20(21)23)42-29(41)35(2)25-14-43-15-34-25)13-26(39)37-11-18(31)8-24(37)28(40)33-10-17-4-3-5-22(30)27(17)32/h3-7,9,12,14-15,18,24H,8,10-11,13H2,1-2H3,(H,33,40)/t18-,24+/m1/s1. The third-order valence-corrected chi connectivity index (χ3v) is 8.00. The van der Waals surface area contributed by atoms with Gasteiger partial charge < -0.3 is 19.5 Å². The number of alkyl halides is 1. The van der Waals surface area contributed by atoms with Crippen LogP contribution in [0.3, 0.4) is 0 Å². The van der Waals surface area contributed by atoms with Gasteiger partial charge in [0.1, 0.15) is 36.1 Å². The van der Waals surface area contributed by atoms with Crippen LogP contribution in [-0.4, -0.2) is 63.9 Å². The highest BCUT2D eigenvalue weighted by atomic mass is 35.5. The summed E-state index contributed by atoms with van der Waals surface area (Å²) in [6.45, 7) is 0.618. The third kappa shape index (κ3) is 6.37. The van der Waals surface area contributed by atoms with Crippen LogP contribution in [-0.2, 0) is 22.7 Å². The zero-order valence-corrected chi connectivity index (χ0v) is 24.6. The predicted octanol–water partition coefficient (Wildman–Crippen LogP) is 4.98. The monoisotopic (exact) mass is 629 g/mol. The van der Waals surface area contributed by atoms with Crippen molar-refractivity contribution in [1.29, 1.82) is 0 Å². The van der Waals surface area contributed by atoms with E-state index in [4.69, 9.17) is 16.3 Å². The van der Waals surface area contributed by atoms with E-state index >= 15 is 0 Å². The highest BCUT2D eigenvalue weighted by Gasteiger charge is 2.39. The molecule has 2 aromatic carbocycles. The lowest BCUT2D eigenvalue weighted by Crippen LogP contribution is -2.46. The zero-order chi connectivity index (χ0) is 30.8. The van der Waals surface area contributed by atoms with E-state index in [1.165, 1.54) is 65.2 Å². The highest BCUT2D eigenvalue weighted by Crippen LogP contribution is 2.29. The number of carbonyl (C=O) groups excluding carboxylic acids is 4. The molecule has 14 heteroatoms. The van der Waals surface area contributed by atoms with Gasteiger partial charge in [-0.15, -0.1) is 11.3 Å². The van der Waals surface area contributed by atoms with Crippen LogP contribution in [0.1, 0.15) is 29.3 Å². The molecular weight excluding hydrogens is 604 g/mol. The van der Waals surface area contributed by atoms with Gasteiger partial charge in [0.2, 0.25) is 11.8 Å². The fourth-order valence-electron chi connectivity index (χ4n) is 4.92. The molecule has 1 N–H and O–H groups in total. The Balaban J connectivity index is 1.32. The number of amides is 3. The molecule has 3 amide bonds. The first-order valence-electron chi connectivity index (χ1n) is 13.1. The first-order valence-corrected chi connectivity index (χ1v) is 14.5. The molecular formula is C29H26ClF2N5O5S. The molecule has 5 rings (SSSR count). The fourth-order valence-corrected chi connectivity index (χ4v) is 5.68. The molecule has 0 bridgehead atoms. The van der Waals surface area contributed by atoms with Crippen LogP contribution in [0.25, 0.3) is 10.9 Å². The van der Waals surface area contributed by atoms with Crippen molar-refractivity contribution in [2.75, 3.05) is 18.5 Å². The Labute approximate surface area is 253 Å². The summed E-state index contributed by atoms with van der Waals surface area (Å²) in [5.74, 6) is -1.51. The van der Waals surface area contributed by atoms with Crippen molar-refractivity contribution in [1.82, 2.24) is 19.8 Å². The Bertz CT molecular complexity index is 1710. The lowest BCUT2D eigenvalue weighted by Gasteiger charge is -2.24. The Kier molecular flexibility index (Phi) is 8.74. The van der Waals surface area contributed by atoms with Crippen LogP contribution in [0.2, 0.25) is 5.02 Å². The van der Waals surface area contributed by atoms with Crippen LogP contribution in [0, 0.1) is 5.82 Å². The number of likely N-dealkylation sites (tertiary alicyclic amines) is 1. The van der Waals surface area contributed by atoms with E-state index in [9.17, 15) is 28.0 Å². The molecule has 1 aliphatic rings. The minimum absolute atomic E-state index is 0.0922. The average Bonchev–Trinajstić information content (AvgIpc) is 3.72. The molecule has 224 valence electrons. The van der Waals surface area contributed by atoms with Crippen molar-refractivity contribution in [2.24, 2.45) is 0 Å². The van der Waals surface area contributed by atoms with E-state index in [2.05, 4.69) is 10.3 Å². The van der Waals surface area contributed by atoms with Crippen molar-refractivity contribution in [3.63, 3.8) is 0 Å². The molecule has 1 saturated heterocycles. The molecule has 0 radical (unpaired) electrons. The van der Waals surface area contributed by atoms with Crippen LogP contribution < -0.4 is 15.0 Å². The predicted molar refractivity (Wildman–Crippen MR) is 157 cm³/mol. The molecule has 2 atom stereocenters. The number of halogens is 3. The lowest BCUT2D eigenvalue weighted by molar-refractivity contribution is -0.139. The molecule has 2 aromatic heterocycles. The summed E-state index contributed by atoms with van der Waals surface area (Å²) < 4.78 is 35.7. The normalized spacial score (nSPS) is 16.3. The van der Waals surface area contributed by atoms with E-state index in [1.807, 2.05) is 0 Å². The smallest absolute Gasteiger partial charge is 0.410 e. The van der Waals surface area contributed by atoms with E-state index in [1.54, 1.807) is 23.0 Å². The molecule has 43 heavy (non-hydrogen) atoms. The van der Waals surface area contributed by atoms with Crippen molar-refractivity contribution in [2.45, 2.75) is 38.6 Å². The highest BCUT2D eigenvalue weighted by molar-refractivity contribution is 7.07. The summed E-state index contributed by atoms with van der Waals surface area (Å²) in [6.07, 6.45) is -0.805. The summed E-state index contributed by atoms with van der Waals surface area (Å²) in [5, 5.41) is 4.61. The van der Waals surface area contributed by atoms with Gasteiger partial charge in [0.15, 0.2) is 5.78 Å². The Hall–Kier alpha value is -4.36. The maximum atomic E-state index is 14.5. The van der Waals surface area contributed by atoms with Gasteiger partial charge in [-0.25, -0.2) is 18.6 Å². The van der Waals surface area contributed by atoms with Crippen LogP contribution in [0.5, 0.6) is 5.75 Å². The zero-order valence-electron chi connectivity index (χ0n) is 23.1. The molecule has 10 nitrogen and oxygen atoms in total. The van der Waals surface area contributed by atoms with Gasteiger partial charge in [-0.3, -0.25) is 19.3 Å². The number of ketones is 1. The van der Waals surface area contributed by atoms with Gasteiger partial charge in [-0.2, -0.15) is 0 Å². The number of hydrogen-bond acceptors (Lipinski definition) is 7. The molecule has 0 saturated carbocycles. The summed E-state index contributed by atoms with van der Waals surface area (Å²) in [7, 11) is 1.52. The Morgan fingerprint density at radius 2 is 2.02 bits per heavy atom. The van der Waals surface area contributed by atoms with Crippen molar-refractivity contribution < 1.29 is 32.7 Å². The quantitative estimate of drug-likeness (QED) is 0.275. The van der Waals surface area contributed by atoms with Gasteiger partial charge in [-0.05, 0) is 31.2 Å². The summed E-state index contributed by atoms with van der Waals surface area (Å²) in [4.78, 5) is 57.9. The summed E-state index contributed by atoms with van der Waals surface area (Å²) in [5.41, 5.74) is 2.53. The van der Waals surface area contributed by atoms with E-state index < -0.39 is 35.9 Å². The second-order valence-electron chi connectivity index (χ2n) is 10.0. The van der Waals surface area contributed by atoms with Gasteiger partial charge in [0.05, 0.1) is 17.1 Å². The van der Waals surface area contributed by atoms with Crippen molar-refractivity contribution in [3.05, 3.63) is 75.5 Å². The minimum atomic E-state index is -1.42. The number of Topliss-reactive ketones (excluding diaryl/α,β-unsaturated/α-hetero) is 1. The number of aromatic nitrogens is 2. The van der Waals surface area contributed by atoms with E-state index in [0.29, 0.717) is 16.7 Å². The number of rotatable bonds is 8. The van der Waals surface area contributed by atoms with Crippen LogP contribution in [0.4, 0.5) is 19.4 Å². The second kappa shape index (κ2) is 12.5. The first-order chi connectivity index (χ1) is 20.5. The molecule has 1 aliphatic heterocycles. The lowest BCUT2D eigenvalue weighted by atomic mass is 10.1. The fraction of sp³-hybridized carbons (Fsp3) is 0.276. The maximum Gasteiger partial charge on any atom is 0.420 e. The number of carbonyl (C=O) groups is 4. The SMILES string of the molecule is CC(=O)c1cn(CC(=O)N2C[C@H](F)C[C@H]2C(=O)NCc2cccc(Cl)c2F)c2ccc(OC(=O)N(C)c3cscn3)cc12. The maximum absolute atomic E-state index is 14.5. The molecule has 0 unspecified atom stereocenters. The number of benzene rings is 2. The number of thiazole rings is 1. The summed E-state index contributed by atoms with van der Waals surface area (Å²) in [6, 6.07) is 7.95. The number of hydrogen-bond donors (Lipinski definition) is 1. The Morgan fingerprint density at radius 1 is 1.23 bits per heavy atom. The number of fused-ring (bicyclic) bond motifs is 1. The van der Waals surface area contributed by atoms with Crippen molar-refractivity contribution >= 4 is 63.3 Å². The first kappa shape index (κ1) is 30.1. The Morgan fingerprint density at radius 3 is 2.74 bits per heavy atom. The molecule has 0 aliphatic carbocycles. The van der Waals surface area contributed by atoms with Crippen LogP contribution in [0.15, 0.2) is 53.5 Å². The number of anilines is 1. The van der Waals surface area contributed by atoms with Gasteiger partial charge >= 0.3 is 6.09 Å². The molecule has 0 spiro atoms. The third-order valence-electron chi connectivity index (χ3n) is 7.14. The van der Waals surface area contributed by atoms with Crippen molar-refractivity contribution in [3.8, 4) is 5.75 Å². The van der Waals surface area contributed by atoms with Gasteiger partial charge in [0, 0.05) is 53.6 Å². The van der Waals surface area contributed by atoms with E-state index in [-0.39, 0.29) is 53.7 Å². The van der Waals surface area contributed by atoms with Crippen LogP contribution >= 0.6 is 22.9 Å². The second-order valence-corrected chi connectivity index (χ2v) is 11.1. The minimum Gasteiger partial charge on any atom is -0.410 e. The average molecular weight is 630 g/mol. The number of nitrogens with zero attached hydrogens (tertiary/aromatic N) is 4. The molecule has 4 aromatic rings. The largest absolute Gasteiger partial charge is 0.420 e. The van der Waals surface area contributed by atoms with Gasteiger partial charge in [0.25, 0.3) is 0 Å². The summed E-state index contributed by atoms with van der Waals surface area (Å²) >= 11 is 7.13. The number of ether oxygens (including phenoxy) is 1. The van der Waals surface area contributed by atoms with E-state index in [0.717, 1.165) is 4.90 Å². The van der Waals surface area contributed by atoms with Gasteiger partial charge in [-0.1, -0.05) is 23.7 Å². The molecule has 3 heterocycles. The number of nitrogens with one attached hydrogen (secondary N) is 1. The topological polar surface area (TPSA) is 114 Å².